The fourth-order valence-corrected chi connectivity index (χ4v) is 7.00. The minimum absolute atomic E-state index is 0.511. The normalized spacial score (nSPS) is 18.4. The van der Waals surface area contributed by atoms with Gasteiger partial charge in [-0.25, -0.2) is 0 Å². The highest BCUT2D eigenvalue weighted by atomic mass is 28.3. The van der Waals surface area contributed by atoms with Crippen molar-refractivity contribution in [1.29, 1.82) is 0 Å². The molecule has 0 amide bonds. The number of allylic oxidation sites excluding steroid dienone is 4. The Morgan fingerprint density at radius 1 is 0.931 bits per heavy atom. The Balaban J connectivity index is 1.51. The van der Waals surface area contributed by atoms with Crippen molar-refractivity contribution in [2.45, 2.75) is 57.0 Å². The van der Waals surface area contributed by atoms with Gasteiger partial charge in [0.05, 0.1) is 0 Å². The van der Waals surface area contributed by atoms with E-state index in [1.165, 1.54) is 71.1 Å². The minimum atomic E-state index is -1.80. The maximum absolute atomic E-state index is 13.4. The number of hydrogen-bond donors (Lipinski definition) is 0. The van der Waals surface area contributed by atoms with Crippen LogP contribution < -0.4 is 0 Å². The van der Waals surface area contributed by atoms with Gasteiger partial charge in [0, 0.05) is 19.1 Å². The molecule has 3 aliphatic carbocycles. The number of hydrogen-bond acceptors (Lipinski definition) is 1. The molecule has 0 heterocycles. The molecule has 2 aromatic rings. The molecule has 3 heteroatoms. The van der Waals surface area contributed by atoms with E-state index in [2.05, 4.69) is 66.2 Å². The van der Waals surface area contributed by atoms with Gasteiger partial charge in [-0.15, -0.1) is 0 Å². The zero-order chi connectivity index (χ0) is 19.8. The summed E-state index contributed by atoms with van der Waals surface area (Å²) >= 11 is 0. The largest absolute Gasteiger partial charge is 0.398 e. The smallest absolute Gasteiger partial charge is 0.377 e. The Morgan fingerprint density at radius 2 is 1.59 bits per heavy atom. The third-order valence-electron chi connectivity index (χ3n) is 7.03. The van der Waals surface area contributed by atoms with Crippen molar-refractivity contribution in [2.24, 2.45) is 0 Å². The number of fused-ring (bicyclic) bond motifs is 5. The van der Waals surface area contributed by atoms with E-state index in [1.807, 2.05) is 0 Å². The van der Waals surface area contributed by atoms with Gasteiger partial charge >= 0.3 is 8.84 Å². The molecule has 148 valence electrons. The van der Waals surface area contributed by atoms with Gasteiger partial charge in [0.2, 0.25) is 0 Å². The average molecular weight is 400 g/mol. The van der Waals surface area contributed by atoms with Gasteiger partial charge < -0.3 is 9.03 Å². The predicted octanol–water partition coefficient (Wildman–Crippen LogP) is 6.01. The van der Waals surface area contributed by atoms with Gasteiger partial charge in [-0.05, 0) is 59.1 Å². The first-order chi connectivity index (χ1) is 14.2. The molecule has 0 bridgehead atoms. The lowest BCUT2D eigenvalue weighted by molar-refractivity contribution is 0.273. The van der Waals surface area contributed by atoms with Crippen molar-refractivity contribution in [1.82, 2.24) is 4.57 Å². The van der Waals surface area contributed by atoms with E-state index in [0.29, 0.717) is 6.04 Å². The molecule has 0 aliphatic heterocycles. The summed E-state index contributed by atoms with van der Waals surface area (Å²) in [7, 11) is 0.303. The van der Waals surface area contributed by atoms with E-state index in [9.17, 15) is 4.46 Å². The Bertz CT molecular complexity index is 1010. The molecular weight excluding hydrogens is 370 g/mol. The summed E-state index contributed by atoms with van der Waals surface area (Å²) in [5.74, 6) is 0. The van der Waals surface area contributed by atoms with Crippen LogP contribution in [-0.4, -0.2) is 26.5 Å². The van der Waals surface area contributed by atoms with Crippen molar-refractivity contribution < 1.29 is 4.46 Å². The third-order valence-corrected chi connectivity index (χ3v) is 8.91. The lowest BCUT2D eigenvalue weighted by Gasteiger charge is -2.31. The molecule has 0 atom stereocenters. The van der Waals surface area contributed by atoms with E-state index < -0.39 is 8.84 Å². The molecule has 5 rings (SSSR count). The topological polar surface area (TPSA) is 20.3 Å². The molecule has 29 heavy (non-hydrogen) atoms. The van der Waals surface area contributed by atoms with E-state index >= 15 is 0 Å². The molecule has 0 aromatic heterocycles. The fourth-order valence-electron chi connectivity index (χ4n) is 5.40. The SMILES string of the molecule is CN(C1CCCCC1)[Si](=O)CC1=C2C(=CC1)c1ccccc1Cc1ccccc12. The highest BCUT2D eigenvalue weighted by molar-refractivity contribution is 6.41. The summed E-state index contributed by atoms with van der Waals surface area (Å²) in [6, 6.07) is 18.8. The van der Waals surface area contributed by atoms with E-state index in [1.54, 1.807) is 0 Å². The van der Waals surface area contributed by atoms with Crippen LogP contribution in [0.1, 0.15) is 60.8 Å². The first-order valence-corrected chi connectivity index (χ1v) is 12.6. The molecule has 1 fully saturated rings. The molecule has 0 saturated heterocycles. The highest BCUT2D eigenvalue weighted by Gasteiger charge is 2.30. The third kappa shape index (κ3) is 3.46. The molecule has 1 saturated carbocycles. The van der Waals surface area contributed by atoms with E-state index in [4.69, 9.17) is 0 Å². The van der Waals surface area contributed by atoms with Crippen molar-refractivity contribution >= 4 is 20.0 Å². The average Bonchev–Trinajstić information content (AvgIpc) is 3.11. The summed E-state index contributed by atoms with van der Waals surface area (Å²) < 4.78 is 15.6. The predicted molar refractivity (Wildman–Crippen MR) is 121 cm³/mol. The van der Waals surface area contributed by atoms with Gasteiger partial charge in [-0.1, -0.05) is 79.4 Å². The second kappa shape index (κ2) is 7.87. The van der Waals surface area contributed by atoms with Crippen LogP contribution in [0.15, 0.2) is 60.2 Å². The number of benzene rings is 2. The van der Waals surface area contributed by atoms with Crippen molar-refractivity contribution in [2.75, 3.05) is 7.05 Å². The van der Waals surface area contributed by atoms with Crippen LogP contribution >= 0.6 is 0 Å². The summed E-state index contributed by atoms with van der Waals surface area (Å²) in [6.45, 7) is 0. The number of nitrogens with zero attached hydrogens (tertiary/aromatic N) is 1. The summed E-state index contributed by atoms with van der Waals surface area (Å²) in [4.78, 5) is 0. The molecule has 0 spiro atoms. The van der Waals surface area contributed by atoms with Crippen LogP contribution in [0.4, 0.5) is 0 Å². The lowest BCUT2D eigenvalue weighted by Crippen LogP contribution is -2.39. The van der Waals surface area contributed by atoms with Gasteiger partial charge in [-0.3, -0.25) is 0 Å². The fraction of sp³-hybridized carbons (Fsp3) is 0.385. The monoisotopic (exact) mass is 399 g/mol. The van der Waals surface area contributed by atoms with Crippen LogP contribution in [0.3, 0.4) is 0 Å². The van der Waals surface area contributed by atoms with E-state index in [0.717, 1.165) is 18.9 Å². The molecule has 2 nitrogen and oxygen atoms in total. The maximum Gasteiger partial charge on any atom is 0.398 e. The van der Waals surface area contributed by atoms with Crippen LogP contribution in [0.25, 0.3) is 11.1 Å². The summed E-state index contributed by atoms with van der Waals surface area (Å²) in [6.07, 6.45) is 10.6. The standard InChI is InChI=1S/C26H29NOSi/c1-27(22-11-3-2-4-12-22)29(28)18-21-15-16-25-23-13-7-5-9-19(23)17-20-10-6-8-14-24(20)26(21)25/h5-10,13-14,16,22H,2-4,11-12,15,17-18H2,1H3. The van der Waals surface area contributed by atoms with Crippen LogP contribution in [0.2, 0.25) is 6.04 Å². The molecule has 0 N–H and O–H groups in total. The zero-order valence-corrected chi connectivity index (χ0v) is 18.3. The Kier molecular flexibility index (Phi) is 5.09. The Labute approximate surface area is 175 Å². The van der Waals surface area contributed by atoms with Crippen LogP contribution in [-0.2, 0) is 10.9 Å². The molecule has 2 aromatic carbocycles. The van der Waals surface area contributed by atoms with Crippen LogP contribution in [0.5, 0.6) is 0 Å². The van der Waals surface area contributed by atoms with Gasteiger partial charge in [0.1, 0.15) is 0 Å². The molecule has 0 radical (unpaired) electrons. The van der Waals surface area contributed by atoms with Crippen molar-refractivity contribution in [3.05, 3.63) is 82.4 Å². The second-order valence-electron chi connectivity index (χ2n) is 8.76. The summed E-state index contributed by atoms with van der Waals surface area (Å²) in [5, 5.41) is 0. The molecule has 0 unspecified atom stereocenters. The molecule has 3 aliphatic rings. The van der Waals surface area contributed by atoms with Crippen molar-refractivity contribution in [3.8, 4) is 0 Å². The van der Waals surface area contributed by atoms with Crippen molar-refractivity contribution in [3.63, 3.8) is 0 Å². The quantitative estimate of drug-likeness (QED) is 0.586. The summed E-state index contributed by atoms with van der Waals surface area (Å²) in [5.41, 5.74) is 9.58. The molecular formula is C26H29NOSi. The first-order valence-electron chi connectivity index (χ1n) is 11.1. The highest BCUT2D eigenvalue weighted by Crippen LogP contribution is 2.46. The Morgan fingerprint density at radius 3 is 2.34 bits per heavy atom. The maximum atomic E-state index is 13.4. The first kappa shape index (κ1) is 18.7. The van der Waals surface area contributed by atoms with Gasteiger partial charge in [0.15, 0.2) is 0 Å². The van der Waals surface area contributed by atoms with Gasteiger partial charge in [-0.2, -0.15) is 0 Å². The van der Waals surface area contributed by atoms with E-state index in [-0.39, 0.29) is 0 Å². The second-order valence-corrected chi connectivity index (χ2v) is 10.6. The number of rotatable bonds is 4. The van der Waals surface area contributed by atoms with Crippen LogP contribution in [0, 0.1) is 0 Å². The minimum Gasteiger partial charge on any atom is -0.377 e. The zero-order valence-electron chi connectivity index (χ0n) is 17.3. The Hall–Kier alpha value is -2.26. The van der Waals surface area contributed by atoms with Gasteiger partial charge in [0.25, 0.3) is 0 Å². The lowest BCUT2D eigenvalue weighted by atomic mass is 9.93.